The number of carbonyl (C=O) groups excluding carboxylic acids is 1. The molecule has 0 heterocycles. The van der Waals surface area contributed by atoms with E-state index in [9.17, 15) is 9.18 Å². The molecule has 25 heavy (non-hydrogen) atoms. The molecule has 0 radical (unpaired) electrons. The van der Waals surface area contributed by atoms with Crippen molar-refractivity contribution in [2.24, 2.45) is 0 Å². The number of benzene rings is 3. The topological polar surface area (TPSA) is 49.3 Å². The summed E-state index contributed by atoms with van der Waals surface area (Å²) < 4.78 is 13.4. The fourth-order valence-electron chi connectivity index (χ4n) is 2.78. The van der Waals surface area contributed by atoms with Gasteiger partial charge in [-0.15, -0.1) is 0 Å². The summed E-state index contributed by atoms with van der Waals surface area (Å²) in [5.74, 6) is -1.68. The summed E-state index contributed by atoms with van der Waals surface area (Å²) in [6.07, 6.45) is 0. The Morgan fingerprint density at radius 2 is 1.60 bits per heavy atom. The Labute approximate surface area is 149 Å². The van der Waals surface area contributed by atoms with Crippen molar-refractivity contribution in [2.75, 3.05) is 0 Å². The molecule has 0 aliphatic heterocycles. The molecule has 0 saturated heterocycles. The maximum absolute atomic E-state index is 13.4. The lowest BCUT2D eigenvalue weighted by molar-refractivity contribution is -0.129. The Balaban J connectivity index is 2.06. The van der Waals surface area contributed by atoms with Crippen molar-refractivity contribution >= 4 is 17.5 Å². The summed E-state index contributed by atoms with van der Waals surface area (Å²) in [5, 5.41) is 9.16. The molecule has 126 valence electrons. The Hall–Kier alpha value is -2.69. The SMILES string of the molecule is O=C(NO)C(c1ccccc1)c1cccc(-c2ccc(F)c(Cl)c2)c1. The van der Waals surface area contributed by atoms with E-state index >= 15 is 0 Å². The van der Waals surface area contributed by atoms with Gasteiger partial charge in [-0.25, -0.2) is 9.87 Å². The normalized spacial score (nSPS) is 11.8. The van der Waals surface area contributed by atoms with Gasteiger partial charge in [0.1, 0.15) is 5.82 Å². The minimum Gasteiger partial charge on any atom is -0.289 e. The summed E-state index contributed by atoms with van der Waals surface area (Å²) >= 11 is 5.86. The number of carbonyl (C=O) groups is 1. The molecule has 1 unspecified atom stereocenters. The van der Waals surface area contributed by atoms with Crippen LogP contribution in [0.15, 0.2) is 72.8 Å². The van der Waals surface area contributed by atoms with Crippen LogP contribution < -0.4 is 5.48 Å². The van der Waals surface area contributed by atoms with Gasteiger partial charge < -0.3 is 0 Å². The van der Waals surface area contributed by atoms with E-state index in [-0.39, 0.29) is 5.02 Å². The minimum absolute atomic E-state index is 0.0376. The summed E-state index contributed by atoms with van der Waals surface area (Å²) in [5.41, 5.74) is 4.72. The molecule has 5 heteroatoms. The second-order valence-corrected chi connectivity index (χ2v) is 5.98. The molecule has 0 fully saturated rings. The Morgan fingerprint density at radius 3 is 2.28 bits per heavy atom. The zero-order chi connectivity index (χ0) is 17.8. The van der Waals surface area contributed by atoms with Crippen LogP contribution in [0.4, 0.5) is 4.39 Å². The Kier molecular flexibility index (Phi) is 5.12. The third kappa shape index (κ3) is 3.71. The van der Waals surface area contributed by atoms with Crippen LogP contribution in [0.3, 0.4) is 0 Å². The standard InChI is InChI=1S/C20H15ClFNO2/c21-17-12-15(9-10-18(17)22)14-7-4-8-16(11-14)19(20(24)23-25)13-5-2-1-3-6-13/h1-12,19,25H,(H,23,24). The molecular formula is C20H15ClFNO2. The van der Waals surface area contributed by atoms with Crippen molar-refractivity contribution in [3.05, 3.63) is 94.8 Å². The highest BCUT2D eigenvalue weighted by Crippen LogP contribution is 2.30. The highest BCUT2D eigenvalue weighted by atomic mass is 35.5. The largest absolute Gasteiger partial charge is 0.289 e. The summed E-state index contributed by atoms with van der Waals surface area (Å²) in [6.45, 7) is 0. The van der Waals surface area contributed by atoms with E-state index in [0.29, 0.717) is 5.56 Å². The van der Waals surface area contributed by atoms with Gasteiger partial charge in [0.2, 0.25) is 0 Å². The number of nitrogens with one attached hydrogen (secondary N) is 1. The van der Waals surface area contributed by atoms with E-state index in [1.54, 1.807) is 17.6 Å². The molecule has 3 rings (SSSR count). The second-order valence-electron chi connectivity index (χ2n) is 5.57. The Morgan fingerprint density at radius 1 is 0.920 bits per heavy atom. The van der Waals surface area contributed by atoms with Gasteiger partial charge in [-0.2, -0.15) is 0 Å². The molecule has 0 bridgehead atoms. The van der Waals surface area contributed by atoms with Gasteiger partial charge in [-0.05, 0) is 34.4 Å². The average Bonchev–Trinajstić information content (AvgIpc) is 2.65. The third-order valence-electron chi connectivity index (χ3n) is 3.98. The second kappa shape index (κ2) is 7.47. The molecule has 0 aliphatic carbocycles. The van der Waals surface area contributed by atoms with Crippen LogP contribution in [0.2, 0.25) is 5.02 Å². The van der Waals surface area contributed by atoms with E-state index in [2.05, 4.69) is 0 Å². The summed E-state index contributed by atoms with van der Waals surface area (Å²) in [4.78, 5) is 12.2. The maximum Gasteiger partial charge on any atom is 0.255 e. The lowest BCUT2D eigenvalue weighted by atomic mass is 9.89. The highest BCUT2D eigenvalue weighted by molar-refractivity contribution is 6.31. The fourth-order valence-corrected chi connectivity index (χ4v) is 2.96. The van der Waals surface area contributed by atoms with Crippen LogP contribution >= 0.6 is 11.6 Å². The quantitative estimate of drug-likeness (QED) is 0.522. The first-order valence-electron chi connectivity index (χ1n) is 7.64. The molecule has 0 aromatic heterocycles. The van der Waals surface area contributed by atoms with E-state index < -0.39 is 17.6 Å². The monoisotopic (exact) mass is 355 g/mol. The lowest BCUT2D eigenvalue weighted by Gasteiger charge is -2.17. The van der Waals surface area contributed by atoms with E-state index in [0.717, 1.165) is 16.7 Å². The van der Waals surface area contributed by atoms with Gasteiger partial charge >= 0.3 is 0 Å². The number of halogens is 2. The van der Waals surface area contributed by atoms with Crippen LogP contribution in [0.25, 0.3) is 11.1 Å². The minimum atomic E-state index is -0.665. The van der Waals surface area contributed by atoms with Crippen molar-refractivity contribution in [3.63, 3.8) is 0 Å². The van der Waals surface area contributed by atoms with Crippen LogP contribution in [-0.2, 0) is 4.79 Å². The molecule has 0 aliphatic rings. The van der Waals surface area contributed by atoms with Crippen LogP contribution in [0, 0.1) is 5.82 Å². The van der Waals surface area contributed by atoms with Crippen molar-refractivity contribution in [3.8, 4) is 11.1 Å². The predicted molar refractivity (Wildman–Crippen MR) is 95.1 cm³/mol. The zero-order valence-corrected chi connectivity index (χ0v) is 13.9. The van der Waals surface area contributed by atoms with E-state index in [1.807, 2.05) is 54.6 Å². The molecule has 1 amide bonds. The number of hydrogen-bond acceptors (Lipinski definition) is 2. The molecule has 3 aromatic carbocycles. The van der Waals surface area contributed by atoms with Gasteiger partial charge in [0.05, 0.1) is 10.9 Å². The summed E-state index contributed by atoms with van der Waals surface area (Å²) in [7, 11) is 0. The zero-order valence-electron chi connectivity index (χ0n) is 13.1. The lowest BCUT2D eigenvalue weighted by Crippen LogP contribution is -2.27. The van der Waals surface area contributed by atoms with Crippen molar-refractivity contribution in [1.82, 2.24) is 5.48 Å². The van der Waals surface area contributed by atoms with Crippen molar-refractivity contribution < 1.29 is 14.4 Å². The van der Waals surface area contributed by atoms with Crippen molar-refractivity contribution in [1.29, 1.82) is 0 Å². The first-order chi connectivity index (χ1) is 12.1. The van der Waals surface area contributed by atoms with Gasteiger partial charge in [0.25, 0.3) is 5.91 Å². The number of hydroxylamine groups is 1. The van der Waals surface area contributed by atoms with Gasteiger partial charge in [0.15, 0.2) is 0 Å². The molecule has 0 saturated carbocycles. The Bertz CT molecular complexity index is 899. The van der Waals surface area contributed by atoms with Crippen LogP contribution in [0.5, 0.6) is 0 Å². The highest BCUT2D eigenvalue weighted by Gasteiger charge is 2.22. The third-order valence-corrected chi connectivity index (χ3v) is 4.27. The predicted octanol–water partition coefficient (Wildman–Crippen LogP) is 4.78. The van der Waals surface area contributed by atoms with Crippen LogP contribution in [-0.4, -0.2) is 11.1 Å². The van der Waals surface area contributed by atoms with Gasteiger partial charge in [-0.3, -0.25) is 10.0 Å². The maximum atomic E-state index is 13.4. The number of hydrogen-bond donors (Lipinski definition) is 2. The van der Waals surface area contributed by atoms with Gasteiger partial charge in [-0.1, -0.05) is 72.3 Å². The van der Waals surface area contributed by atoms with Gasteiger partial charge in [0, 0.05) is 0 Å². The summed E-state index contributed by atoms with van der Waals surface area (Å²) in [6, 6.07) is 20.9. The molecular weight excluding hydrogens is 341 g/mol. The smallest absolute Gasteiger partial charge is 0.255 e. The first kappa shape index (κ1) is 17.1. The molecule has 3 nitrogen and oxygen atoms in total. The average molecular weight is 356 g/mol. The first-order valence-corrected chi connectivity index (χ1v) is 8.02. The number of amides is 1. The van der Waals surface area contributed by atoms with Crippen molar-refractivity contribution in [2.45, 2.75) is 5.92 Å². The van der Waals surface area contributed by atoms with E-state index in [4.69, 9.17) is 16.8 Å². The molecule has 0 spiro atoms. The number of rotatable bonds is 4. The molecule has 2 N–H and O–H groups in total. The van der Waals surface area contributed by atoms with E-state index in [1.165, 1.54) is 6.07 Å². The molecule has 3 aromatic rings. The fraction of sp³-hybridized carbons (Fsp3) is 0.0500. The molecule has 1 atom stereocenters. The van der Waals surface area contributed by atoms with Crippen LogP contribution in [0.1, 0.15) is 17.0 Å².